The number of rotatable bonds is 3. The number of ether oxygens (including phenoxy) is 1. The number of hydrogen-bond acceptors (Lipinski definition) is 2. The molecule has 7 heteroatoms. The molecule has 0 saturated heterocycles. The average Bonchev–Trinajstić information content (AvgIpc) is 2.88. The zero-order valence-corrected chi connectivity index (χ0v) is 13.3. The molecule has 3 rings (SSSR count). The van der Waals surface area contributed by atoms with Crippen LogP contribution >= 0.6 is 15.9 Å². The second-order valence-electron chi connectivity index (χ2n) is 5.03. The predicted octanol–water partition coefficient (Wildman–Crippen LogP) is 4.88. The zero-order chi connectivity index (χ0) is 16.6. The van der Waals surface area contributed by atoms with E-state index in [1.165, 1.54) is 24.3 Å². The average molecular weight is 385 g/mol. The van der Waals surface area contributed by atoms with Gasteiger partial charge in [-0.15, -0.1) is 13.2 Å². The lowest BCUT2D eigenvalue weighted by Gasteiger charge is -2.13. The van der Waals surface area contributed by atoms with Gasteiger partial charge in [-0.05, 0) is 41.5 Å². The molecule has 0 fully saturated rings. The van der Waals surface area contributed by atoms with Crippen molar-refractivity contribution in [3.63, 3.8) is 0 Å². The van der Waals surface area contributed by atoms with Gasteiger partial charge in [0.2, 0.25) is 0 Å². The molecule has 0 aliphatic heterocycles. The molecule has 0 spiro atoms. The van der Waals surface area contributed by atoms with Crippen LogP contribution in [0.3, 0.4) is 0 Å². The Kier molecular flexibility index (Phi) is 4.08. The van der Waals surface area contributed by atoms with Gasteiger partial charge in [0.05, 0.1) is 6.04 Å². The first-order valence-corrected chi connectivity index (χ1v) is 7.50. The van der Waals surface area contributed by atoms with Crippen molar-refractivity contribution in [1.82, 2.24) is 4.98 Å². The SMILES string of the molecule is N[C@@H](c1ccc(OC(F)(F)F)cc1)c1c[nH]c2ccc(Br)cc12. The van der Waals surface area contributed by atoms with Crippen LogP contribution < -0.4 is 10.5 Å². The summed E-state index contributed by atoms with van der Waals surface area (Å²) in [7, 11) is 0. The number of aromatic amines is 1. The monoisotopic (exact) mass is 384 g/mol. The molecule has 1 aromatic heterocycles. The lowest BCUT2D eigenvalue weighted by atomic mass is 9.99. The topological polar surface area (TPSA) is 51.0 Å². The Hall–Kier alpha value is -1.99. The van der Waals surface area contributed by atoms with E-state index in [0.717, 1.165) is 20.9 Å². The molecular formula is C16H12BrF3N2O. The van der Waals surface area contributed by atoms with Gasteiger partial charge in [0.1, 0.15) is 5.75 Å². The fraction of sp³-hybridized carbons (Fsp3) is 0.125. The Labute approximate surface area is 138 Å². The second-order valence-corrected chi connectivity index (χ2v) is 5.94. The molecule has 1 heterocycles. The minimum absolute atomic E-state index is 0.268. The summed E-state index contributed by atoms with van der Waals surface area (Å²) in [5.41, 5.74) is 8.76. The molecule has 0 aliphatic carbocycles. The molecule has 0 radical (unpaired) electrons. The lowest BCUT2D eigenvalue weighted by molar-refractivity contribution is -0.274. The van der Waals surface area contributed by atoms with Crippen molar-refractivity contribution in [3.05, 3.63) is 64.3 Å². The number of fused-ring (bicyclic) bond motifs is 1. The molecule has 0 bridgehead atoms. The maximum absolute atomic E-state index is 12.2. The van der Waals surface area contributed by atoms with E-state index in [1.807, 2.05) is 24.4 Å². The molecular weight excluding hydrogens is 373 g/mol. The number of hydrogen-bond donors (Lipinski definition) is 2. The zero-order valence-electron chi connectivity index (χ0n) is 11.7. The highest BCUT2D eigenvalue weighted by Crippen LogP contribution is 2.31. The Morgan fingerprint density at radius 1 is 1.09 bits per heavy atom. The minimum Gasteiger partial charge on any atom is -0.406 e. The van der Waals surface area contributed by atoms with E-state index in [-0.39, 0.29) is 5.75 Å². The van der Waals surface area contributed by atoms with Crippen LogP contribution in [0.2, 0.25) is 0 Å². The standard InChI is InChI=1S/C16H12BrF3N2O/c17-10-3-6-14-12(7-10)13(8-22-14)15(21)9-1-4-11(5-2-9)23-16(18,19)20/h1-8,15,22H,21H2/t15-/m0/s1. The van der Waals surface area contributed by atoms with Gasteiger partial charge in [0.15, 0.2) is 0 Å². The number of H-pyrrole nitrogens is 1. The van der Waals surface area contributed by atoms with E-state index in [9.17, 15) is 13.2 Å². The van der Waals surface area contributed by atoms with Crippen molar-refractivity contribution in [2.75, 3.05) is 0 Å². The fourth-order valence-corrected chi connectivity index (χ4v) is 2.79. The third-order valence-corrected chi connectivity index (χ3v) is 3.98. The van der Waals surface area contributed by atoms with Crippen LogP contribution in [-0.4, -0.2) is 11.3 Å². The second kappa shape index (κ2) is 5.90. The van der Waals surface area contributed by atoms with Crippen LogP contribution in [0.4, 0.5) is 13.2 Å². The van der Waals surface area contributed by atoms with Crippen molar-refractivity contribution in [1.29, 1.82) is 0 Å². The summed E-state index contributed by atoms with van der Waals surface area (Å²) in [4.78, 5) is 3.13. The predicted molar refractivity (Wildman–Crippen MR) is 85.2 cm³/mol. The number of aromatic nitrogens is 1. The van der Waals surface area contributed by atoms with Crippen LogP contribution in [0.15, 0.2) is 53.1 Å². The fourth-order valence-electron chi connectivity index (χ4n) is 2.43. The van der Waals surface area contributed by atoms with Crippen molar-refractivity contribution in [2.45, 2.75) is 12.4 Å². The van der Waals surface area contributed by atoms with E-state index in [1.54, 1.807) is 0 Å². The van der Waals surface area contributed by atoms with Gasteiger partial charge in [0, 0.05) is 21.6 Å². The van der Waals surface area contributed by atoms with E-state index < -0.39 is 12.4 Å². The summed E-state index contributed by atoms with van der Waals surface area (Å²) in [6, 6.07) is 10.9. The highest BCUT2D eigenvalue weighted by atomic mass is 79.9. The summed E-state index contributed by atoms with van der Waals surface area (Å²) >= 11 is 3.42. The third-order valence-electron chi connectivity index (χ3n) is 3.48. The van der Waals surface area contributed by atoms with Crippen molar-refractivity contribution in [2.24, 2.45) is 5.73 Å². The van der Waals surface area contributed by atoms with Crippen molar-refractivity contribution in [3.8, 4) is 5.75 Å². The molecule has 0 unspecified atom stereocenters. The van der Waals surface area contributed by atoms with Gasteiger partial charge in [0.25, 0.3) is 0 Å². The van der Waals surface area contributed by atoms with E-state index in [4.69, 9.17) is 5.73 Å². The first kappa shape index (κ1) is 15.9. The summed E-state index contributed by atoms with van der Waals surface area (Å²) < 4.78 is 41.3. The highest BCUT2D eigenvalue weighted by molar-refractivity contribution is 9.10. The molecule has 2 aromatic carbocycles. The quantitative estimate of drug-likeness (QED) is 0.676. The van der Waals surface area contributed by atoms with Crippen LogP contribution in [0, 0.1) is 0 Å². The Morgan fingerprint density at radius 3 is 2.43 bits per heavy atom. The summed E-state index contributed by atoms with van der Waals surface area (Å²) in [6.45, 7) is 0. The Balaban J connectivity index is 1.90. The van der Waals surface area contributed by atoms with Crippen molar-refractivity contribution >= 4 is 26.8 Å². The number of halogens is 4. The third kappa shape index (κ3) is 3.51. The minimum atomic E-state index is -4.70. The van der Waals surface area contributed by atoms with Gasteiger partial charge < -0.3 is 15.5 Å². The molecule has 23 heavy (non-hydrogen) atoms. The lowest BCUT2D eigenvalue weighted by Crippen LogP contribution is -2.17. The molecule has 3 nitrogen and oxygen atoms in total. The van der Waals surface area contributed by atoms with Gasteiger partial charge in [-0.3, -0.25) is 0 Å². The molecule has 3 N–H and O–H groups in total. The number of benzene rings is 2. The molecule has 3 aromatic rings. The van der Waals surface area contributed by atoms with E-state index >= 15 is 0 Å². The normalized spacial score (nSPS) is 13.3. The summed E-state index contributed by atoms with van der Waals surface area (Å²) in [6.07, 6.45) is -2.89. The Bertz CT molecular complexity index is 827. The summed E-state index contributed by atoms with van der Waals surface area (Å²) in [5.74, 6) is -0.268. The van der Waals surface area contributed by atoms with Gasteiger partial charge in [-0.2, -0.15) is 0 Å². The largest absolute Gasteiger partial charge is 0.573 e. The van der Waals surface area contributed by atoms with Crippen LogP contribution in [0.1, 0.15) is 17.2 Å². The van der Waals surface area contributed by atoms with Crippen LogP contribution in [0.5, 0.6) is 5.75 Å². The number of nitrogens with one attached hydrogen (secondary N) is 1. The Morgan fingerprint density at radius 2 is 1.78 bits per heavy atom. The molecule has 1 atom stereocenters. The number of alkyl halides is 3. The van der Waals surface area contributed by atoms with Gasteiger partial charge >= 0.3 is 6.36 Å². The van der Waals surface area contributed by atoms with E-state index in [2.05, 4.69) is 25.7 Å². The van der Waals surface area contributed by atoms with Gasteiger partial charge in [-0.1, -0.05) is 28.1 Å². The van der Waals surface area contributed by atoms with Crippen LogP contribution in [0.25, 0.3) is 10.9 Å². The molecule has 0 amide bonds. The maximum Gasteiger partial charge on any atom is 0.573 e. The maximum atomic E-state index is 12.2. The molecule has 0 aliphatic rings. The highest BCUT2D eigenvalue weighted by Gasteiger charge is 2.31. The first-order valence-electron chi connectivity index (χ1n) is 6.71. The number of nitrogens with two attached hydrogens (primary N) is 1. The molecule has 0 saturated carbocycles. The summed E-state index contributed by atoms with van der Waals surface area (Å²) in [5, 5.41) is 0.961. The molecule has 120 valence electrons. The van der Waals surface area contributed by atoms with Crippen LogP contribution in [-0.2, 0) is 0 Å². The first-order chi connectivity index (χ1) is 10.8. The smallest absolute Gasteiger partial charge is 0.406 e. The van der Waals surface area contributed by atoms with E-state index in [0.29, 0.717) is 5.56 Å². The van der Waals surface area contributed by atoms with Gasteiger partial charge in [-0.25, -0.2) is 0 Å². The van der Waals surface area contributed by atoms with Crippen molar-refractivity contribution < 1.29 is 17.9 Å².